The second-order valence-electron chi connectivity index (χ2n) is 5.19. The Morgan fingerprint density at radius 2 is 2.30 bits per heavy atom. The number of rotatable bonds is 6. The Morgan fingerprint density at radius 3 is 3.00 bits per heavy atom. The molecule has 0 spiro atoms. The van der Waals surface area contributed by atoms with Crippen LogP contribution in [0.2, 0.25) is 0 Å². The van der Waals surface area contributed by atoms with Gasteiger partial charge in [0.05, 0.1) is 0 Å². The van der Waals surface area contributed by atoms with Gasteiger partial charge in [0, 0.05) is 31.0 Å². The van der Waals surface area contributed by atoms with Gasteiger partial charge in [0.15, 0.2) is 5.96 Å². The second kappa shape index (κ2) is 11.6. The standard InChI is InChI=1S/C17H25N3OS.HI/c1-3-10-21-16-9-5-4-7-14(16)12-19-17(18-2)20-15-8-6-11-22-13-15;/h3-5,7,9,15H,1,6,8,10-13H2,2H3,(H2,18,19,20);1H. The molecule has 0 amide bonds. The predicted octanol–water partition coefficient (Wildman–Crippen LogP) is 3.43. The van der Waals surface area contributed by atoms with Crippen molar-refractivity contribution in [3.05, 3.63) is 42.5 Å². The number of nitrogens with one attached hydrogen (secondary N) is 2. The maximum atomic E-state index is 5.68. The molecule has 1 aromatic rings. The number of para-hydroxylation sites is 1. The smallest absolute Gasteiger partial charge is 0.191 e. The van der Waals surface area contributed by atoms with E-state index in [1.165, 1.54) is 18.6 Å². The largest absolute Gasteiger partial charge is 0.489 e. The van der Waals surface area contributed by atoms with E-state index in [2.05, 4.69) is 28.3 Å². The summed E-state index contributed by atoms with van der Waals surface area (Å²) in [6.07, 6.45) is 4.25. The first-order valence-electron chi connectivity index (χ1n) is 7.70. The molecule has 1 unspecified atom stereocenters. The van der Waals surface area contributed by atoms with E-state index in [-0.39, 0.29) is 24.0 Å². The van der Waals surface area contributed by atoms with Gasteiger partial charge in [-0.05, 0) is 24.7 Å². The number of ether oxygens (including phenoxy) is 1. The molecule has 6 heteroatoms. The highest BCUT2D eigenvalue weighted by Crippen LogP contribution is 2.18. The molecule has 1 heterocycles. The first kappa shape index (κ1) is 20.2. The molecular weight excluding hydrogens is 421 g/mol. The lowest BCUT2D eigenvalue weighted by Gasteiger charge is -2.24. The van der Waals surface area contributed by atoms with Crippen LogP contribution in [-0.2, 0) is 6.54 Å². The Hall–Kier alpha value is -0.890. The maximum absolute atomic E-state index is 5.68. The normalized spacial score (nSPS) is 17.8. The molecule has 0 aliphatic carbocycles. The first-order chi connectivity index (χ1) is 10.8. The van der Waals surface area contributed by atoms with E-state index in [9.17, 15) is 0 Å². The lowest BCUT2D eigenvalue weighted by atomic mass is 10.2. The summed E-state index contributed by atoms with van der Waals surface area (Å²) in [5, 5.41) is 6.87. The molecule has 4 nitrogen and oxygen atoms in total. The monoisotopic (exact) mass is 447 g/mol. The van der Waals surface area contributed by atoms with Crippen LogP contribution in [0.3, 0.4) is 0 Å². The molecule has 1 aliphatic heterocycles. The quantitative estimate of drug-likeness (QED) is 0.304. The van der Waals surface area contributed by atoms with Crippen LogP contribution in [0.15, 0.2) is 41.9 Å². The van der Waals surface area contributed by atoms with Gasteiger partial charge in [0.25, 0.3) is 0 Å². The molecular formula is C17H26IN3OS. The van der Waals surface area contributed by atoms with Gasteiger partial charge in [-0.15, -0.1) is 24.0 Å². The molecule has 0 bridgehead atoms. The van der Waals surface area contributed by atoms with Crippen molar-refractivity contribution < 1.29 is 4.74 Å². The van der Waals surface area contributed by atoms with Crippen molar-refractivity contribution in [1.29, 1.82) is 0 Å². The Morgan fingerprint density at radius 1 is 1.48 bits per heavy atom. The molecule has 1 aliphatic rings. The van der Waals surface area contributed by atoms with E-state index in [0.717, 1.165) is 23.0 Å². The van der Waals surface area contributed by atoms with Gasteiger partial charge in [-0.25, -0.2) is 0 Å². The highest BCUT2D eigenvalue weighted by molar-refractivity contribution is 14.0. The van der Waals surface area contributed by atoms with Crippen molar-refractivity contribution in [1.82, 2.24) is 10.6 Å². The van der Waals surface area contributed by atoms with Crippen molar-refractivity contribution in [3.63, 3.8) is 0 Å². The van der Waals surface area contributed by atoms with Gasteiger partial charge in [-0.3, -0.25) is 4.99 Å². The van der Waals surface area contributed by atoms with Gasteiger partial charge >= 0.3 is 0 Å². The number of nitrogens with zero attached hydrogens (tertiary/aromatic N) is 1. The third-order valence-electron chi connectivity index (χ3n) is 3.50. The van der Waals surface area contributed by atoms with Crippen molar-refractivity contribution in [3.8, 4) is 5.75 Å². The van der Waals surface area contributed by atoms with E-state index < -0.39 is 0 Å². The summed E-state index contributed by atoms with van der Waals surface area (Å²) in [5.41, 5.74) is 1.12. The maximum Gasteiger partial charge on any atom is 0.191 e. The van der Waals surface area contributed by atoms with Crippen LogP contribution in [0.5, 0.6) is 5.75 Å². The van der Waals surface area contributed by atoms with Crippen LogP contribution in [0.4, 0.5) is 0 Å². The molecule has 2 N–H and O–H groups in total. The number of halogens is 1. The predicted molar refractivity (Wildman–Crippen MR) is 111 cm³/mol. The molecule has 0 radical (unpaired) electrons. The van der Waals surface area contributed by atoms with E-state index >= 15 is 0 Å². The van der Waals surface area contributed by atoms with Crippen molar-refractivity contribution in [2.75, 3.05) is 25.2 Å². The fourth-order valence-corrected chi connectivity index (χ4v) is 3.43. The topological polar surface area (TPSA) is 45.6 Å². The van der Waals surface area contributed by atoms with Crippen molar-refractivity contribution in [2.24, 2.45) is 4.99 Å². The highest BCUT2D eigenvalue weighted by atomic mass is 127. The molecule has 23 heavy (non-hydrogen) atoms. The van der Waals surface area contributed by atoms with E-state index in [1.54, 1.807) is 6.08 Å². The summed E-state index contributed by atoms with van der Waals surface area (Å²) >= 11 is 2.01. The number of guanidine groups is 1. The van der Waals surface area contributed by atoms with E-state index in [4.69, 9.17) is 4.74 Å². The summed E-state index contributed by atoms with van der Waals surface area (Å²) in [6.45, 7) is 4.89. The zero-order chi connectivity index (χ0) is 15.6. The van der Waals surface area contributed by atoms with Crippen LogP contribution in [0.1, 0.15) is 18.4 Å². The van der Waals surface area contributed by atoms with Crippen LogP contribution >= 0.6 is 35.7 Å². The average Bonchev–Trinajstić information content (AvgIpc) is 2.58. The van der Waals surface area contributed by atoms with Crippen LogP contribution in [0, 0.1) is 0 Å². The summed E-state index contributed by atoms with van der Waals surface area (Å²) in [5.74, 6) is 4.17. The molecule has 1 aromatic carbocycles. The first-order valence-corrected chi connectivity index (χ1v) is 8.85. The van der Waals surface area contributed by atoms with Crippen LogP contribution < -0.4 is 15.4 Å². The minimum atomic E-state index is 0. The zero-order valence-corrected chi connectivity index (χ0v) is 16.7. The molecule has 1 atom stereocenters. The van der Waals surface area contributed by atoms with Crippen LogP contribution in [-0.4, -0.2) is 37.2 Å². The van der Waals surface area contributed by atoms with Gasteiger partial charge < -0.3 is 15.4 Å². The SMILES string of the molecule is C=CCOc1ccccc1CNC(=NC)NC1CCCSC1.I. The molecule has 1 saturated heterocycles. The Bertz CT molecular complexity index is 504. The Kier molecular flexibility index (Phi) is 10.2. The van der Waals surface area contributed by atoms with E-state index in [0.29, 0.717) is 19.2 Å². The molecule has 1 fully saturated rings. The average molecular weight is 447 g/mol. The molecule has 128 valence electrons. The minimum Gasteiger partial charge on any atom is -0.489 e. The second-order valence-corrected chi connectivity index (χ2v) is 6.34. The fourth-order valence-electron chi connectivity index (χ4n) is 2.36. The minimum absolute atomic E-state index is 0. The van der Waals surface area contributed by atoms with Gasteiger partial charge in [0.1, 0.15) is 12.4 Å². The number of benzene rings is 1. The Balaban J connectivity index is 0.00000264. The molecule has 0 aromatic heterocycles. The summed E-state index contributed by atoms with van der Waals surface area (Å²) in [7, 11) is 1.81. The lowest BCUT2D eigenvalue weighted by molar-refractivity contribution is 0.358. The lowest BCUT2D eigenvalue weighted by Crippen LogP contribution is -2.45. The zero-order valence-electron chi connectivity index (χ0n) is 13.6. The summed E-state index contributed by atoms with van der Waals surface area (Å²) in [4.78, 5) is 4.32. The van der Waals surface area contributed by atoms with Gasteiger partial charge in [-0.2, -0.15) is 11.8 Å². The fraction of sp³-hybridized carbons (Fsp3) is 0.471. The third-order valence-corrected chi connectivity index (χ3v) is 4.72. The third kappa shape index (κ3) is 7.03. The molecule has 0 saturated carbocycles. The Labute approximate surface area is 160 Å². The van der Waals surface area contributed by atoms with Crippen molar-refractivity contribution in [2.45, 2.75) is 25.4 Å². The highest BCUT2D eigenvalue weighted by Gasteiger charge is 2.14. The van der Waals surface area contributed by atoms with Gasteiger partial charge in [0.2, 0.25) is 0 Å². The van der Waals surface area contributed by atoms with Crippen molar-refractivity contribution >= 4 is 41.7 Å². The number of hydrogen-bond donors (Lipinski definition) is 2. The van der Waals surface area contributed by atoms with Gasteiger partial charge in [-0.1, -0.05) is 30.9 Å². The van der Waals surface area contributed by atoms with E-state index in [1.807, 2.05) is 37.0 Å². The summed E-state index contributed by atoms with van der Waals surface area (Å²) in [6, 6.07) is 8.56. The number of aliphatic imine (C=N–C) groups is 1. The molecule has 2 rings (SSSR count). The summed E-state index contributed by atoms with van der Waals surface area (Å²) < 4.78 is 5.68. The van der Waals surface area contributed by atoms with Crippen LogP contribution in [0.25, 0.3) is 0 Å². The number of hydrogen-bond acceptors (Lipinski definition) is 3. The number of thioether (sulfide) groups is 1.